The van der Waals surface area contributed by atoms with Crippen LogP contribution in [0.5, 0.6) is 0 Å². The summed E-state index contributed by atoms with van der Waals surface area (Å²) >= 11 is 0. The minimum atomic E-state index is 0.644. The molecule has 0 rings (SSSR count). The van der Waals surface area contributed by atoms with Crippen LogP contribution in [0, 0.1) is 5.92 Å². The van der Waals surface area contributed by atoms with Crippen molar-refractivity contribution < 1.29 is 4.74 Å². The van der Waals surface area contributed by atoms with Crippen molar-refractivity contribution in [2.45, 2.75) is 20.8 Å². The summed E-state index contributed by atoms with van der Waals surface area (Å²) in [4.78, 5) is 0. The Morgan fingerprint density at radius 3 is 2.56 bits per heavy atom. The van der Waals surface area contributed by atoms with Crippen LogP contribution in [0.25, 0.3) is 0 Å². The van der Waals surface area contributed by atoms with Crippen molar-refractivity contribution in [1.29, 1.82) is 0 Å². The molecule has 0 N–H and O–H groups in total. The first-order chi connectivity index (χ1) is 4.27. The van der Waals surface area contributed by atoms with Gasteiger partial charge in [-0.05, 0) is 12.8 Å². The molecule has 0 aliphatic carbocycles. The van der Waals surface area contributed by atoms with Crippen LogP contribution in [-0.2, 0) is 4.74 Å². The fraction of sp³-hybridized carbons (Fsp3) is 0.750. The highest BCUT2D eigenvalue weighted by Crippen LogP contribution is 1.92. The van der Waals surface area contributed by atoms with Gasteiger partial charge < -0.3 is 4.74 Å². The lowest BCUT2D eigenvalue weighted by Gasteiger charge is -1.94. The maximum absolute atomic E-state index is 5.10. The summed E-state index contributed by atoms with van der Waals surface area (Å²) in [5.41, 5.74) is 0. The van der Waals surface area contributed by atoms with Crippen molar-refractivity contribution >= 4 is 0 Å². The van der Waals surface area contributed by atoms with Crippen molar-refractivity contribution in [3.63, 3.8) is 0 Å². The van der Waals surface area contributed by atoms with Crippen LogP contribution in [0.2, 0.25) is 0 Å². The van der Waals surface area contributed by atoms with Gasteiger partial charge in [0.15, 0.2) is 0 Å². The molecule has 0 spiro atoms. The molecule has 0 amide bonds. The average Bonchev–Trinajstić information content (AvgIpc) is 1.80. The molecule has 0 unspecified atom stereocenters. The molecule has 0 aromatic carbocycles. The number of rotatable bonds is 4. The quantitative estimate of drug-likeness (QED) is 0.416. The third-order valence-electron chi connectivity index (χ3n) is 0.939. The van der Waals surface area contributed by atoms with Crippen molar-refractivity contribution in [2.75, 3.05) is 13.2 Å². The lowest BCUT2D eigenvalue weighted by atomic mass is 10.2. The SMILES string of the molecule is CCOC/C=C/C(C)C. The topological polar surface area (TPSA) is 9.23 Å². The van der Waals surface area contributed by atoms with E-state index in [1.807, 2.05) is 6.92 Å². The molecule has 0 heterocycles. The van der Waals surface area contributed by atoms with Crippen LogP contribution in [0.4, 0.5) is 0 Å². The molecule has 0 fully saturated rings. The van der Waals surface area contributed by atoms with Crippen molar-refractivity contribution in [3.05, 3.63) is 12.2 Å². The normalized spacial score (nSPS) is 11.6. The first-order valence-corrected chi connectivity index (χ1v) is 3.51. The van der Waals surface area contributed by atoms with Crippen molar-refractivity contribution in [2.24, 2.45) is 5.92 Å². The largest absolute Gasteiger partial charge is 0.378 e. The summed E-state index contributed by atoms with van der Waals surface area (Å²) in [5.74, 6) is 0.644. The van der Waals surface area contributed by atoms with E-state index in [2.05, 4.69) is 26.0 Å². The summed E-state index contributed by atoms with van der Waals surface area (Å²) in [6, 6.07) is 0. The summed E-state index contributed by atoms with van der Waals surface area (Å²) in [7, 11) is 0. The molecule has 0 saturated carbocycles. The molecule has 54 valence electrons. The first-order valence-electron chi connectivity index (χ1n) is 3.51. The van der Waals surface area contributed by atoms with Gasteiger partial charge >= 0.3 is 0 Å². The van der Waals surface area contributed by atoms with E-state index in [1.165, 1.54) is 0 Å². The zero-order valence-corrected chi connectivity index (χ0v) is 6.55. The zero-order valence-electron chi connectivity index (χ0n) is 6.55. The van der Waals surface area contributed by atoms with Crippen LogP contribution in [0.15, 0.2) is 12.2 Å². The Bertz CT molecular complexity index is 74.6. The van der Waals surface area contributed by atoms with Crippen molar-refractivity contribution in [3.8, 4) is 0 Å². The van der Waals surface area contributed by atoms with Crippen LogP contribution in [0.3, 0.4) is 0 Å². The van der Waals surface area contributed by atoms with E-state index in [4.69, 9.17) is 4.74 Å². The second kappa shape index (κ2) is 5.83. The molecule has 0 aromatic heterocycles. The molecule has 1 heteroatoms. The highest BCUT2D eigenvalue weighted by atomic mass is 16.5. The summed E-state index contributed by atoms with van der Waals surface area (Å²) < 4.78 is 5.10. The fourth-order valence-electron chi connectivity index (χ4n) is 0.514. The molecule has 0 aromatic rings. The fourth-order valence-corrected chi connectivity index (χ4v) is 0.514. The molecule has 0 radical (unpaired) electrons. The third-order valence-corrected chi connectivity index (χ3v) is 0.939. The van der Waals surface area contributed by atoms with Crippen LogP contribution in [0.1, 0.15) is 20.8 Å². The van der Waals surface area contributed by atoms with Gasteiger partial charge in [-0.1, -0.05) is 26.0 Å². The van der Waals surface area contributed by atoms with Crippen LogP contribution in [-0.4, -0.2) is 13.2 Å². The maximum Gasteiger partial charge on any atom is 0.0647 e. The van der Waals surface area contributed by atoms with E-state index in [9.17, 15) is 0 Å². The number of ether oxygens (including phenoxy) is 1. The molecule has 0 aliphatic rings. The molecule has 0 bridgehead atoms. The van der Waals surface area contributed by atoms with Gasteiger partial charge in [0, 0.05) is 6.61 Å². The van der Waals surface area contributed by atoms with Gasteiger partial charge in [-0.25, -0.2) is 0 Å². The molecular weight excluding hydrogens is 112 g/mol. The molecule has 9 heavy (non-hydrogen) atoms. The van der Waals surface area contributed by atoms with Crippen LogP contribution < -0.4 is 0 Å². The predicted octanol–water partition coefficient (Wildman–Crippen LogP) is 2.24. The Kier molecular flexibility index (Phi) is 5.64. The summed E-state index contributed by atoms with van der Waals surface area (Å²) in [6.07, 6.45) is 4.21. The summed E-state index contributed by atoms with van der Waals surface area (Å²) in [6.45, 7) is 7.88. The third kappa shape index (κ3) is 7.70. The molecule has 0 aliphatic heterocycles. The van der Waals surface area contributed by atoms with E-state index in [-0.39, 0.29) is 0 Å². The van der Waals surface area contributed by atoms with Crippen LogP contribution >= 0.6 is 0 Å². The Morgan fingerprint density at radius 2 is 2.11 bits per heavy atom. The van der Waals surface area contributed by atoms with Gasteiger partial charge in [0.05, 0.1) is 6.61 Å². The Morgan fingerprint density at radius 1 is 1.44 bits per heavy atom. The van der Waals surface area contributed by atoms with E-state index in [1.54, 1.807) is 0 Å². The monoisotopic (exact) mass is 128 g/mol. The smallest absolute Gasteiger partial charge is 0.0647 e. The van der Waals surface area contributed by atoms with Gasteiger partial charge in [0.1, 0.15) is 0 Å². The average molecular weight is 128 g/mol. The number of hydrogen-bond acceptors (Lipinski definition) is 1. The van der Waals surface area contributed by atoms with E-state index in [0.29, 0.717) is 5.92 Å². The first kappa shape index (κ1) is 8.70. The number of hydrogen-bond donors (Lipinski definition) is 0. The van der Waals surface area contributed by atoms with Gasteiger partial charge in [0.25, 0.3) is 0 Å². The van der Waals surface area contributed by atoms with E-state index < -0.39 is 0 Å². The lowest BCUT2D eigenvalue weighted by molar-refractivity contribution is 0.177. The minimum absolute atomic E-state index is 0.644. The molecule has 1 nitrogen and oxygen atoms in total. The maximum atomic E-state index is 5.10. The highest BCUT2D eigenvalue weighted by molar-refractivity contribution is 4.83. The molecular formula is C8H16O. The Balaban J connectivity index is 3.04. The van der Waals surface area contributed by atoms with Gasteiger partial charge in [-0.15, -0.1) is 0 Å². The van der Waals surface area contributed by atoms with Gasteiger partial charge in [-0.3, -0.25) is 0 Å². The molecule has 0 saturated heterocycles. The van der Waals surface area contributed by atoms with Gasteiger partial charge in [-0.2, -0.15) is 0 Å². The van der Waals surface area contributed by atoms with E-state index >= 15 is 0 Å². The minimum Gasteiger partial charge on any atom is -0.378 e. The lowest BCUT2D eigenvalue weighted by Crippen LogP contribution is -1.89. The second-order valence-electron chi connectivity index (χ2n) is 2.33. The van der Waals surface area contributed by atoms with Crippen molar-refractivity contribution in [1.82, 2.24) is 0 Å². The number of allylic oxidation sites excluding steroid dienone is 1. The Hall–Kier alpha value is -0.300. The Labute approximate surface area is 57.7 Å². The van der Waals surface area contributed by atoms with E-state index in [0.717, 1.165) is 13.2 Å². The zero-order chi connectivity index (χ0) is 7.11. The highest BCUT2D eigenvalue weighted by Gasteiger charge is 1.81. The summed E-state index contributed by atoms with van der Waals surface area (Å²) in [5, 5.41) is 0. The van der Waals surface area contributed by atoms with Gasteiger partial charge in [0.2, 0.25) is 0 Å². The second-order valence-corrected chi connectivity index (χ2v) is 2.33. The predicted molar refractivity (Wildman–Crippen MR) is 40.5 cm³/mol. The molecule has 0 atom stereocenters. The standard InChI is InChI=1S/C8H16O/c1-4-9-7-5-6-8(2)3/h5-6,8H,4,7H2,1-3H3/b6-5+.